The van der Waals surface area contributed by atoms with Gasteiger partial charge in [-0.3, -0.25) is 25.8 Å². The number of hydrogen-bond donors (Lipinski definition) is 3. The number of benzene rings is 2. The first-order valence-corrected chi connectivity index (χ1v) is 10.3. The molecule has 2 aromatic carbocycles. The topological polar surface area (TPSA) is 79.5 Å². The number of aryl methyl sites for hydroxylation is 1. The number of ether oxygens (including phenoxy) is 1. The molecule has 0 aliphatic carbocycles. The lowest BCUT2D eigenvalue weighted by atomic mass is 10.1. The molecule has 3 N–H and O–H groups in total. The van der Waals surface area contributed by atoms with Crippen LogP contribution in [0.2, 0.25) is 0 Å². The molecule has 0 atom stereocenters. The van der Waals surface area contributed by atoms with E-state index in [0.717, 1.165) is 14.5 Å². The molecule has 9 heteroatoms. The molecule has 2 rings (SSSR count). The zero-order valence-electron chi connectivity index (χ0n) is 15.4. The third-order valence-corrected chi connectivity index (χ3v) is 5.05. The Morgan fingerprint density at radius 2 is 1.75 bits per heavy atom. The molecule has 0 fully saturated rings. The molecule has 0 aliphatic rings. The summed E-state index contributed by atoms with van der Waals surface area (Å²) in [5.41, 5.74) is 6.76. The number of carbonyl (C=O) groups is 2. The second-order valence-corrected chi connectivity index (χ2v) is 8.31. The standard InChI is InChI=1S/C19H19Br2N3O3S/c1-10(2)27-16-7-6-13(20)9-14(16)18(26)22-19(28)24-23-17(25)12-5-4-11(3)15(21)8-12/h4-10H,1-3H3,(H,23,25)(H2,22,24,26,28). The number of hydrazine groups is 1. The summed E-state index contributed by atoms with van der Waals surface area (Å²) >= 11 is 11.8. The number of amides is 2. The van der Waals surface area contributed by atoms with Gasteiger partial charge in [-0.15, -0.1) is 0 Å². The van der Waals surface area contributed by atoms with Gasteiger partial charge in [0.25, 0.3) is 11.8 Å². The molecule has 6 nitrogen and oxygen atoms in total. The second kappa shape index (κ2) is 9.99. The van der Waals surface area contributed by atoms with Gasteiger partial charge in [0.15, 0.2) is 5.11 Å². The summed E-state index contributed by atoms with van der Waals surface area (Å²) in [7, 11) is 0. The monoisotopic (exact) mass is 527 g/mol. The third-order valence-electron chi connectivity index (χ3n) is 3.50. The molecular formula is C19H19Br2N3O3S. The quantitative estimate of drug-likeness (QED) is 0.408. The molecule has 28 heavy (non-hydrogen) atoms. The van der Waals surface area contributed by atoms with E-state index in [4.69, 9.17) is 17.0 Å². The van der Waals surface area contributed by atoms with Crippen molar-refractivity contribution in [2.75, 3.05) is 0 Å². The first-order chi connectivity index (χ1) is 13.2. The maximum Gasteiger partial charge on any atom is 0.269 e. The van der Waals surface area contributed by atoms with Crippen LogP contribution in [0.5, 0.6) is 5.75 Å². The Hall–Kier alpha value is -1.97. The SMILES string of the molecule is Cc1ccc(C(=O)NNC(=S)NC(=O)c2cc(Br)ccc2OC(C)C)cc1Br. The van der Waals surface area contributed by atoms with Crippen molar-refractivity contribution in [3.63, 3.8) is 0 Å². The summed E-state index contributed by atoms with van der Waals surface area (Å²) in [6, 6.07) is 10.3. The molecule has 0 radical (unpaired) electrons. The van der Waals surface area contributed by atoms with E-state index in [1.54, 1.807) is 30.3 Å². The number of thiocarbonyl (C=S) groups is 1. The van der Waals surface area contributed by atoms with Crippen LogP contribution in [0, 0.1) is 6.92 Å². The number of hydrogen-bond acceptors (Lipinski definition) is 4. The molecule has 0 saturated carbocycles. The van der Waals surface area contributed by atoms with Crippen LogP contribution in [0.1, 0.15) is 40.1 Å². The Bertz CT molecular complexity index is 919. The molecule has 0 aliphatic heterocycles. The molecule has 2 aromatic rings. The van der Waals surface area contributed by atoms with Gasteiger partial charge in [-0.2, -0.15) is 0 Å². The van der Waals surface area contributed by atoms with E-state index >= 15 is 0 Å². The van der Waals surface area contributed by atoms with E-state index in [1.807, 2.05) is 26.8 Å². The Morgan fingerprint density at radius 3 is 2.39 bits per heavy atom. The van der Waals surface area contributed by atoms with Crippen molar-refractivity contribution in [2.24, 2.45) is 0 Å². The molecule has 0 aromatic heterocycles. The first kappa shape index (κ1) is 22.3. The Balaban J connectivity index is 1.99. The summed E-state index contributed by atoms with van der Waals surface area (Å²) < 4.78 is 7.21. The minimum Gasteiger partial charge on any atom is -0.490 e. The summed E-state index contributed by atoms with van der Waals surface area (Å²) in [6.45, 7) is 5.66. The summed E-state index contributed by atoms with van der Waals surface area (Å²) in [6.07, 6.45) is -0.0917. The van der Waals surface area contributed by atoms with Gasteiger partial charge < -0.3 is 4.74 Å². The van der Waals surface area contributed by atoms with E-state index in [0.29, 0.717) is 16.9 Å². The molecule has 0 unspecified atom stereocenters. The van der Waals surface area contributed by atoms with Gasteiger partial charge in [-0.25, -0.2) is 0 Å². The lowest BCUT2D eigenvalue weighted by Crippen LogP contribution is -2.48. The van der Waals surface area contributed by atoms with Gasteiger partial charge in [-0.05, 0) is 68.9 Å². The highest BCUT2D eigenvalue weighted by Gasteiger charge is 2.16. The van der Waals surface area contributed by atoms with Gasteiger partial charge in [0.05, 0.1) is 11.7 Å². The van der Waals surface area contributed by atoms with Crippen molar-refractivity contribution >= 4 is 61.0 Å². The van der Waals surface area contributed by atoms with Gasteiger partial charge in [0.1, 0.15) is 5.75 Å². The Kier molecular flexibility index (Phi) is 7.97. The van der Waals surface area contributed by atoms with Crippen LogP contribution in [0.4, 0.5) is 0 Å². The molecule has 0 heterocycles. The predicted octanol–water partition coefficient (Wildman–Crippen LogP) is 4.26. The number of carbonyl (C=O) groups excluding carboxylic acids is 2. The van der Waals surface area contributed by atoms with Crippen LogP contribution in [0.15, 0.2) is 45.3 Å². The average Bonchev–Trinajstić information content (AvgIpc) is 2.63. The van der Waals surface area contributed by atoms with E-state index in [2.05, 4.69) is 48.0 Å². The molecular weight excluding hydrogens is 510 g/mol. The number of nitrogens with one attached hydrogen (secondary N) is 3. The molecule has 0 spiro atoms. The largest absolute Gasteiger partial charge is 0.490 e. The first-order valence-electron chi connectivity index (χ1n) is 8.31. The van der Waals surface area contributed by atoms with Crippen molar-refractivity contribution < 1.29 is 14.3 Å². The lowest BCUT2D eigenvalue weighted by Gasteiger charge is -2.15. The fraction of sp³-hybridized carbons (Fsp3) is 0.211. The minimum atomic E-state index is -0.457. The van der Waals surface area contributed by atoms with E-state index in [9.17, 15) is 9.59 Å². The highest BCUT2D eigenvalue weighted by Crippen LogP contribution is 2.24. The smallest absolute Gasteiger partial charge is 0.269 e. The Morgan fingerprint density at radius 1 is 1.04 bits per heavy atom. The Labute approximate surface area is 185 Å². The van der Waals surface area contributed by atoms with Crippen LogP contribution < -0.4 is 20.9 Å². The van der Waals surface area contributed by atoms with Crippen molar-refractivity contribution in [3.8, 4) is 5.75 Å². The van der Waals surface area contributed by atoms with Crippen molar-refractivity contribution in [2.45, 2.75) is 26.9 Å². The van der Waals surface area contributed by atoms with Gasteiger partial charge in [0, 0.05) is 14.5 Å². The van der Waals surface area contributed by atoms with E-state index in [-0.39, 0.29) is 17.1 Å². The van der Waals surface area contributed by atoms with E-state index in [1.165, 1.54) is 0 Å². The van der Waals surface area contributed by atoms with E-state index < -0.39 is 5.91 Å². The summed E-state index contributed by atoms with van der Waals surface area (Å²) in [5.74, 6) is -0.405. The molecule has 2 amide bonds. The normalized spacial score (nSPS) is 10.4. The predicted molar refractivity (Wildman–Crippen MR) is 119 cm³/mol. The highest BCUT2D eigenvalue weighted by molar-refractivity contribution is 9.10. The van der Waals surface area contributed by atoms with Crippen LogP contribution in [-0.4, -0.2) is 23.0 Å². The zero-order chi connectivity index (χ0) is 20.8. The van der Waals surface area contributed by atoms with Crippen molar-refractivity contribution in [1.82, 2.24) is 16.2 Å². The molecule has 0 saturated heterocycles. The molecule has 148 valence electrons. The summed E-state index contributed by atoms with van der Waals surface area (Å²) in [4.78, 5) is 24.7. The van der Waals surface area contributed by atoms with Crippen LogP contribution in [0.25, 0.3) is 0 Å². The number of rotatable bonds is 4. The molecule has 0 bridgehead atoms. The van der Waals surface area contributed by atoms with Crippen molar-refractivity contribution in [3.05, 3.63) is 62.0 Å². The van der Waals surface area contributed by atoms with Gasteiger partial charge in [0.2, 0.25) is 0 Å². The van der Waals surface area contributed by atoms with Crippen LogP contribution in [-0.2, 0) is 0 Å². The fourth-order valence-corrected chi connectivity index (χ4v) is 3.04. The lowest BCUT2D eigenvalue weighted by molar-refractivity contribution is 0.0933. The average molecular weight is 529 g/mol. The minimum absolute atomic E-state index is 0.0417. The maximum atomic E-state index is 12.5. The van der Waals surface area contributed by atoms with Crippen LogP contribution >= 0.6 is 44.1 Å². The number of halogens is 2. The maximum absolute atomic E-state index is 12.5. The zero-order valence-corrected chi connectivity index (χ0v) is 19.4. The van der Waals surface area contributed by atoms with Gasteiger partial charge in [-0.1, -0.05) is 37.9 Å². The highest BCUT2D eigenvalue weighted by atomic mass is 79.9. The van der Waals surface area contributed by atoms with Gasteiger partial charge >= 0.3 is 0 Å². The fourth-order valence-electron chi connectivity index (χ4n) is 2.16. The van der Waals surface area contributed by atoms with Crippen molar-refractivity contribution in [1.29, 1.82) is 0 Å². The van der Waals surface area contributed by atoms with Crippen LogP contribution in [0.3, 0.4) is 0 Å². The third kappa shape index (κ3) is 6.29. The second-order valence-electron chi connectivity index (χ2n) is 6.13. The summed E-state index contributed by atoms with van der Waals surface area (Å²) in [5, 5.41) is 2.48.